The SMILES string of the molecule is CC(=O)N/C(N)=C\C(=O)N=[N+]=[N-]. The van der Waals surface area contributed by atoms with Gasteiger partial charge in [0.25, 0.3) is 0 Å². The molecule has 0 atom stereocenters. The quantitative estimate of drug-likeness (QED) is 0.256. The molecule has 2 amide bonds. The van der Waals surface area contributed by atoms with Gasteiger partial charge in [0.05, 0.1) is 0 Å². The van der Waals surface area contributed by atoms with Gasteiger partial charge in [0.15, 0.2) is 0 Å². The summed E-state index contributed by atoms with van der Waals surface area (Å²) in [6.07, 6.45) is 0.821. The van der Waals surface area contributed by atoms with Gasteiger partial charge < -0.3 is 11.1 Å². The first kappa shape index (κ1) is 9.99. The standard InChI is InChI=1S/C5H7N5O2/c1-3(11)8-4(6)2-5(12)9-10-7/h2H,6H2,1H3,(H,8,11)/b4-2-. The average Bonchev–Trinajstić information content (AvgIpc) is 1.84. The summed E-state index contributed by atoms with van der Waals surface area (Å²) in [6.45, 7) is 1.23. The number of hydrogen-bond donors (Lipinski definition) is 2. The Kier molecular flexibility index (Phi) is 3.96. The molecule has 7 nitrogen and oxygen atoms in total. The molecule has 0 fully saturated rings. The van der Waals surface area contributed by atoms with Gasteiger partial charge in [-0.05, 0) is 10.6 Å². The van der Waals surface area contributed by atoms with Gasteiger partial charge in [-0.2, -0.15) is 0 Å². The summed E-state index contributed by atoms with van der Waals surface area (Å²) in [5.41, 5.74) is 12.9. The van der Waals surface area contributed by atoms with Crippen molar-refractivity contribution in [3.05, 3.63) is 22.3 Å². The number of nitrogens with zero attached hydrogens (tertiary/aromatic N) is 3. The van der Waals surface area contributed by atoms with E-state index < -0.39 is 11.8 Å². The van der Waals surface area contributed by atoms with Crippen LogP contribution in [0.3, 0.4) is 0 Å². The van der Waals surface area contributed by atoms with E-state index >= 15 is 0 Å². The van der Waals surface area contributed by atoms with Crippen molar-refractivity contribution >= 4 is 11.8 Å². The fourth-order valence-electron chi connectivity index (χ4n) is 0.445. The molecular formula is C5H7N5O2. The van der Waals surface area contributed by atoms with Crippen molar-refractivity contribution in [2.75, 3.05) is 0 Å². The maximum Gasteiger partial charge on any atom is 0.245 e. The fourth-order valence-corrected chi connectivity index (χ4v) is 0.445. The highest BCUT2D eigenvalue weighted by Gasteiger charge is 1.96. The lowest BCUT2D eigenvalue weighted by atomic mass is 10.5. The van der Waals surface area contributed by atoms with Crippen molar-refractivity contribution in [1.29, 1.82) is 0 Å². The van der Waals surface area contributed by atoms with Crippen molar-refractivity contribution in [3.63, 3.8) is 0 Å². The van der Waals surface area contributed by atoms with Gasteiger partial charge in [0.1, 0.15) is 5.82 Å². The molecule has 0 aromatic carbocycles. The van der Waals surface area contributed by atoms with Gasteiger partial charge in [-0.1, -0.05) is 0 Å². The zero-order valence-electron chi connectivity index (χ0n) is 6.31. The van der Waals surface area contributed by atoms with E-state index in [4.69, 9.17) is 11.3 Å². The van der Waals surface area contributed by atoms with Gasteiger partial charge >= 0.3 is 0 Å². The molecule has 0 rings (SSSR count). The number of hydrogen-bond acceptors (Lipinski definition) is 3. The van der Waals surface area contributed by atoms with Gasteiger partial charge in [-0.15, -0.1) is 0 Å². The van der Waals surface area contributed by atoms with Crippen molar-refractivity contribution < 1.29 is 9.59 Å². The summed E-state index contributed by atoms with van der Waals surface area (Å²) in [7, 11) is 0. The van der Waals surface area contributed by atoms with E-state index in [0.29, 0.717) is 0 Å². The number of nitrogens with two attached hydrogens (primary N) is 1. The topological polar surface area (TPSA) is 121 Å². The predicted octanol–water partition coefficient (Wildman–Crippen LogP) is -0.241. The Hall–Kier alpha value is -2.01. The van der Waals surface area contributed by atoms with Crippen molar-refractivity contribution in [2.24, 2.45) is 10.8 Å². The molecular weight excluding hydrogens is 162 g/mol. The van der Waals surface area contributed by atoms with Crippen LogP contribution in [0.4, 0.5) is 0 Å². The van der Waals surface area contributed by atoms with Crippen LogP contribution in [0.5, 0.6) is 0 Å². The Bertz CT molecular complexity index is 276. The third-order valence-electron chi connectivity index (χ3n) is 0.743. The Morgan fingerprint density at radius 2 is 2.25 bits per heavy atom. The van der Waals surface area contributed by atoms with Crippen LogP contribution in [-0.4, -0.2) is 11.8 Å². The fraction of sp³-hybridized carbons (Fsp3) is 0.200. The third kappa shape index (κ3) is 4.83. The zero-order valence-corrected chi connectivity index (χ0v) is 6.31. The van der Waals surface area contributed by atoms with Gasteiger partial charge in [-0.25, -0.2) is 0 Å². The van der Waals surface area contributed by atoms with E-state index in [1.54, 1.807) is 0 Å². The largest absolute Gasteiger partial charge is 0.385 e. The molecule has 0 aliphatic carbocycles. The zero-order chi connectivity index (χ0) is 9.56. The maximum absolute atomic E-state index is 10.5. The van der Waals surface area contributed by atoms with E-state index in [2.05, 4.69) is 15.3 Å². The summed E-state index contributed by atoms with van der Waals surface area (Å²) in [4.78, 5) is 23.1. The lowest BCUT2D eigenvalue weighted by molar-refractivity contribution is -0.118. The molecule has 0 aromatic heterocycles. The predicted molar refractivity (Wildman–Crippen MR) is 40.2 cm³/mol. The molecule has 0 unspecified atom stereocenters. The third-order valence-corrected chi connectivity index (χ3v) is 0.743. The summed E-state index contributed by atoms with van der Waals surface area (Å²) >= 11 is 0. The minimum absolute atomic E-state index is 0.153. The minimum Gasteiger partial charge on any atom is -0.385 e. The summed E-state index contributed by atoms with van der Waals surface area (Å²) < 4.78 is 0. The van der Waals surface area contributed by atoms with Crippen LogP contribution in [0.1, 0.15) is 6.92 Å². The van der Waals surface area contributed by atoms with Gasteiger partial charge in [-0.3, -0.25) is 9.59 Å². The average molecular weight is 169 g/mol. The highest BCUT2D eigenvalue weighted by atomic mass is 16.2. The second kappa shape index (κ2) is 4.75. The summed E-state index contributed by atoms with van der Waals surface area (Å²) in [6, 6.07) is 0. The second-order valence-corrected chi connectivity index (χ2v) is 1.81. The van der Waals surface area contributed by atoms with E-state index in [0.717, 1.165) is 6.08 Å². The Morgan fingerprint density at radius 1 is 1.67 bits per heavy atom. The van der Waals surface area contributed by atoms with Crippen LogP contribution >= 0.6 is 0 Å². The number of amides is 2. The number of carbonyl (C=O) groups is 2. The van der Waals surface area contributed by atoms with E-state index in [9.17, 15) is 9.59 Å². The van der Waals surface area contributed by atoms with E-state index in [-0.39, 0.29) is 5.82 Å². The van der Waals surface area contributed by atoms with Crippen molar-refractivity contribution in [3.8, 4) is 0 Å². The summed E-state index contributed by atoms with van der Waals surface area (Å²) in [5.74, 6) is -1.42. The van der Waals surface area contributed by atoms with Crippen LogP contribution in [0.2, 0.25) is 0 Å². The monoisotopic (exact) mass is 169 g/mol. The van der Waals surface area contributed by atoms with Crippen molar-refractivity contribution in [1.82, 2.24) is 5.32 Å². The highest BCUT2D eigenvalue weighted by molar-refractivity contribution is 5.89. The molecule has 3 N–H and O–H groups in total. The molecule has 12 heavy (non-hydrogen) atoms. The normalized spacial score (nSPS) is 9.92. The number of nitrogens with one attached hydrogen (secondary N) is 1. The molecule has 0 radical (unpaired) electrons. The molecule has 0 aromatic rings. The molecule has 64 valence electrons. The molecule has 7 heteroatoms. The number of azide groups is 1. The van der Waals surface area contributed by atoms with Crippen LogP contribution < -0.4 is 11.1 Å². The highest BCUT2D eigenvalue weighted by Crippen LogP contribution is 1.82. The van der Waals surface area contributed by atoms with Crippen LogP contribution in [0.15, 0.2) is 17.0 Å². The lowest BCUT2D eigenvalue weighted by Crippen LogP contribution is -2.25. The smallest absolute Gasteiger partial charge is 0.245 e. The molecule has 0 aliphatic heterocycles. The number of rotatable bonds is 2. The Labute approximate surface area is 67.9 Å². The minimum atomic E-state index is -0.858. The molecule has 0 saturated carbocycles. The van der Waals surface area contributed by atoms with E-state index in [1.165, 1.54) is 6.92 Å². The number of carbonyl (C=O) groups excluding carboxylic acids is 2. The molecule has 0 spiro atoms. The van der Waals surface area contributed by atoms with Gasteiger partial charge in [0, 0.05) is 17.9 Å². The second-order valence-electron chi connectivity index (χ2n) is 1.81. The Balaban J connectivity index is 4.25. The first-order chi connectivity index (χ1) is 5.56. The lowest BCUT2D eigenvalue weighted by Gasteiger charge is -1.97. The molecule has 0 aliphatic rings. The van der Waals surface area contributed by atoms with Crippen LogP contribution in [-0.2, 0) is 9.59 Å². The van der Waals surface area contributed by atoms with Crippen LogP contribution in [0.25, 0.3) is 10.4 Å². The van der Waals surface area contributed by atoms with Gasteiger partial charge in [0.2, 0.25) is 11.8 Å². The van der Waals surface area contributed by atoms with Crippen LogP contribution in [0, 0.1) is 0 Å². The molecule has 0 heterocycles. The summed E-state index contributed by atoms with van der Waals surface area (Å²) in [5, 5.41) is 4.83. The molecule has 0 bridgehead atoms. The first-order valence-electron chi connectivity index (χ1n) is 2.90. The van der Waals surface area contributed by atoms with Crippen molar-refractivity contribution in [2.45, 2.75) is 6.92 Å². The first-order valence-corrected chi connectivity index (χ1v) is 2.90. The Morgan fingerprint density at radius 3 is 2.67 bits per heavy atom. The maximum atomic E-state index is 10.5. The molecule has 0 saturated heterocycles. The van der Waals surface area contributed by atoms with E-state index in [1.807, 2.05) is 0 Å².